The second kappa shape index (κ2) is 11.0. The smallest absolute Gasteiger partial charge is 0.242 e. The van der Waals surface area contributed by atoms with Gasteiger partial charge in [-0.2, -0.15) is 0 Å². The lowest BCUT2D eigenvalue weighted by atomic mass is 10.1. The molecule has 0 unspecified atom stereocenters. The minimum atomic E-state index is -0.643. The van der Waals surface area contributed by atoms with Crippen LogP contribution in [0.25, 0.3) is 0 Å². The summed E-state index contributed by atoms with van der Waals surface area (Å²) in [6, 6.07) is 13.3. The number of thioether (sulfide) groups is 1. The summed E-state index contributed by atoms with van der Waals surface area (Å²) in [7, 11) is 0. The molecule has 4 nitrogen and oxygen atoms in total. The fourth-order valence-corrected chi connectivity index (χ4v) is 3.90. The predicted molar refractivity (Wildman–Crippen MR) is 125 cm³/mol. The van der Waals surface area contributed by atoms with Crippen molar-refractivity contribution in [3.63, 3.8) is 0 Å². The van der Waals surface area contributed by atoms with E-state index in [9.17, 15) is 14.0 Å². The summed E-state index contributed by atoms with van der Waals surface area (Å²) in [4.78, 5) is 27.3. The maximum atomic E-state index is 13.3. The van der Waals surface area contributed by atoms with Crippen molar-refractivity contribution in [3.8, 4) is 0 Å². The van der Waals surface area contributed by atoms with Crippen LogP contribution in [0.2, 0.25) is 0 Å². The van der Waals surface area contributed by atoms with Gasteiger partial charge in [0.2, 0.25) is 11.8 Å². The zero-order valence-corrected chi connectivity index (χ0v) is 20.1. The number of amides is 2. The van der Waals surface area contributed by atoms with Gasteiger partial charge in [-0.15, -0.1) is 11.8 Å². The van der Waals surface area contributed by atoms with Gasteiger partial charge in [-0.3, -0.25) is 9.59 Å². The SMILES string of the molecule is C[C@@H](C(=O)NC(C)(C)C)N(Cc1ccc(F)cc1)C(=O)CSCc1ccc(Br)cc1. The normalized spacial score (nSPS) is 12.3. The van der Waals surface area contributed by atoms with Crippen molar-refractivity contribution in [2.24, 2.45) is 0 Å². The van der Waals surface area contributed by atoms with E-state index in [-0.39, 0.29) is 29.9 Å². The molecule has 0 aliphatic carbocycles. The highest BCUT2D eigenvalue weighted by molar-refractivity contribution is 9.10. The maximum absolute atomic E-state index is 13.3. The fraction of sp³-hybridized carbons (Fsp3) is 0.391. The third kappa shape index (κ3) is 8.11. The first kappa shape index (κ1) is 24.4. The van der Waals surface area contributed by atoms with Crippen LogP contribution in [-0.4, -0.2) is 34.0 Å². The Kier molecular flexibility index (Phi) is 8.92. The van der Waals surface area contributed by atoms with Gasteiger partial charge >= 0.3 is 0 Å². The van der Waals surface area contributed by atoms with Gasteiger partial charge in [0, 0.05) is 22.3 Å². The molecular formula is C23H28BrFN2O2S. The van der Waals surface area contributed by atoms with Crippen molar-refractivity contribution in [2.45, 2.75) is 51.6 Å². The van der Waals surface area contributed by atoms with Crippen LogP contribution in [0, 0.1) is 5.82 Å². The number of benzene rings is 2. The van der Waals surface area contributed by atoms with Gasteiger partial charge in [-0.05, 0) is 63.1 Å². The predicted octanol–water partition coefficient (Wildman–Crippen LogP) is 5.15. The number of carbonyl (C=O) groups is 2. The van der Waals surface area contributed by atoms with Gasteiger partial charge in [0.05, 0.1) is 5.75 Å². The number of carbonyl (C=O) groups excluding carboxylic acids is 2. The van der Waals surface area contributed by atoms with Gasteiger partial charge in [-0.1, -0.05) is 40.2 Å². The van der Waals surface area contributed by atoms with E-state index in [1.54, 1.807) is 24.0 Å². The van der Waals surface area contributed by atoms with Crippen molar-refractivity contribution >= 4 is 39.5 Å². The first-order chi connectivity index (χ1) is 14.0. The Morgan fingerprint density at radius 3 is 2.20 bits per heavy atom. The van der Waals surface area contributed by atoms with E-state index in [2.05, 4.69) is 21.2 Å². The lowest BCUT2D eigenvalue weighted by Crippen LogP contribution is -2.52. The minimum absolute atomic E-state index is 0.127. The summed E-state index contributed by atoms with van der Waals surface area (Å²) < 4.78 is 14.3. The van der Waals surface area contributed by atoms with Crippen molar-refractivity contribution in [3.05, 3.63) is 69.9 Å². The summed E-state index contributed by atoms with van der Waals surface area (Å²) >= 11 is 4.92. The monoisotopic (exact) mass is 494 g/mol. The Bertz CT molecular complexity index is 851. The molecule has 1 N–H and O–H groups in total. The van der Waals surface area contributed by atoms with E-state index >= 15 is 0 Å². The molecule has 0 saturated heterocycles. The molecule has 2 rings (SSSR count). The van der Waals surface area contributed by atoms with E-state index in [0.29, 0.717) is 5.75 Å². The van der Waals surface area contributed by atoms with Crippen LogP contribution in [0.4, 0.5) is 4.39 Å². The maximum Gasteiger partial charge on any atom is 0.242 e. The van der Waals surface area contributed by atoms with E-state index in [4.69, 9.17) is 0 Å². The molecular weight excluding hydrogens is 467 g/mol. The number of nitrogens with one attached hydrogen (secondary N) is 1. The van der Waals surface area contributed by atoms with Crippen LogP contribution in [0.15, 0.2) is 53.0 Å². The number of halogens is 2. The van der Waals surface area contributed by atoms with E-state index in [0.717, 1.165) is 15.6 Å². The van der Waals surface area contributed by atoms with Crippen molar-refractivity contribution in [1.29, 1.82) is 0 Å². The van der Waals surface area contributed by atoms with Gasteiger partial charge in [0.15, 0.2) is 0 Å². The lowest BCUT2D eigenvalue weighted by molar-refractivity contribution is -0.139. The minimum Gasteiger partial charge on any atom is -0.350 e. The molecule has 0 aliphatic heterocycles. The third-order valence-electron chi connectivity index (χ3n) is 4.34. The third-order valence-corrected chi connectivity index (χ3v) is 5.86. The summed E-state index contributed by atoms with van der Waals surface area (Å²) in [5, 5.41) is 2.93. The second-order valence-electron chi connectivity index (χ2n) is 8.18. The quantitative estimate of drug-likeness (QED) is 0.551. The number of hydrogen-bond donors (Lipinski definition) is 1. The summed E-state index contributed by atoms with van der Waals surface area (Å²) in [5.74, 6) is 0.283. The highest BCUT2D eigenvalue weighted by Gasteiger charge is 2.28. The molecule has 2 aromatic carbocycles. The van der Waals surface area contributed by atoms with E-state index in [1.165, 1.54) is 23.9 Å². The van der Waals surface area contributed by atoms with Gasteiger partial charge in [-0.25, -0.2) is 4.39 Å². The van der Waals surface area contributed by atoms with Crippen LogP contribution in [-0.2, 0) is 21.9 Å². The standard InChI is InChI=1S/C23H28BrFN2O2S/c1-16(22(29)26-23(2,3)4)27(13-17-7-11-20(25)12-8-17)21(28)15-30-14-18-5-9-19(24)10-6-18/h5-12,16H,13-15H2,1-4H3,(H,26,29)/t16-/m0/s1. The van der Waals surface area contributed by atoms with Crippen LogP contribution < -0.4 is 5.32 Å². The van der Waals surface area contributed by atoms with Crippen molar-refractivity contribution in [2.75, 3.05) is 5.75 Å². The van der Waals surface area contributed by atoms with Gasteiger partial charge in [0.1, 0.15) is 11.9 Å². The topological polar surface area (TPSA) is 49.4 Å². The van der Waals surface area contributed by atoms with Crippen molar-refractivity contribution < 1.29 is 14.0 Å². The molecule has 2 amide bonds. The van der Waals surface area contributed by atoms with E-state index < -0.39 is 11.6 Å². The Morgan fingerprint density at radius 2 is 1.63 bits per heavy atom. The Labute approximate surface area is 190 Å². The molecule has 1 atom stereocenters. The number of rotatable bonds is 8. The Balaban J connectivity index is 2.08. The molecule has 7 heteroatoms. The molecule has 0 fully saturated rings. The summed E-state index contributed by atoms with van der Waals surface area (Å²) in [6.07, 6.45) is 0. The zero-order valence-electron chi connectivity index (χ0n) is 17.7. The largest absolute Gasteiger partial charge is 0.350 e. The van der Waals surface area contributed by atoms with E-state index in [1.807, 2.05) is 45.0 Å². The van der Waals surface area contributed by atoms with Crippen LogP contribution in [0.3, 0.4) is 0 Å². The highest BCUT2D eigenvalue weighted by Crippen LogP contribution is 2.18. The first-order valence-electron chi connectivity index (χ1n) is 9.73. The molecule has 162 valence electrons. The van der Waals surface area contributed by atoms with Crippen LogP contribution in [0.5, 0.6) is 0 Å². The number of nitrogens with zero attached hydrogens (tertiary/aromatic N) is 1. The Morgan fingerprint density at radius 1 is 1.07 bits per heavy atom. The highest BCUT2D eigenvalue weighted by atomic mass is 79.9. The fourth-order valence-electron chi connectivity index (χ4n) is 2.76. The van der Waals surface area contributed by atoms with Crippen LogP contribution >= 0.6 is 27.7 Å². The molecule has 30 heavy (non-hydrogen) atoms. The zero-order chi connectivity index (χ0) is 22.3. The van der Waals surface area contributed by atoms with Gasteiger partial charge in [0.25, 0.3) is 0 Å². The molecule has 0 bridgehead atoms. The molecule has 0 radical (unpaired) electrons. The summed E-state index contributed by atoms with van der Waals surface area (Å²) in [6.45, 7) is 7.67. The molecule has 0 heterocycles. The average Bonchev–Trinajstić information content (AvgIpc) is 2.67. The average molecular weight is 495 g/mol. The summed E-state index contributed by atoms with van der Waals surface area (Å²) in [5.41, 5.74) is 1.50. The first-order valence-corrected chi connectivity index (χ1v) is 11.7. The molecule has 0 spiro atoms. The van der Waals surface area contributed by atoms with Gasteiger partial charge < -0.3 is 10.2 Å². The van der Waals surface area contributed by atoms with Crippen molar-refractivity contribution in [1.82, 2.24) is 10.2 Å². The number of hydrogen-bond acceptors (Lipinski definition) is 3. The molecule has 0 saturated carbocycles. The molecule has 0 aliphatic rings. The molecule has 0 aromatic heterocycles. The Hall–Kier alpha value is -1.86. The van der Waals surface area contributed by atoms with Crippen LogP contribution in [0.1, 0.15) is 38.8 Å². The molecule has 2 aromatic rings. The second-order valence-corrected chi connectivity index (χ2v) is 10.1. The lowest BCUT2D eigenvalue weighted by Gasteiger charge is -2.31.